The van der Waals surface area contributed by atoms with Gasteiger partial charge in [-0.2, -0.15) is 13.2 Å². The lowest BCUT2D eigenvalue weighted by Crippen LogP contribution is -2.38. The smallest absolute Gasteiger partial charge is 0.339 e. The van der Waals surface area contributed by atoms with Crippen LogP contribution in [-0.2, 0) is 22.2 Å². The molecule has 0 aromatic heterocycles. The lowest BCUT2D eigenvalue weighted by atomic mass is 9.87. The van der Waals surface area contributed by atoms with E-state index in [1.54, 1.807) is 11.9 Å². The number of halogens is 3. The van der Waals surface area contributed by atoms with Gasteiger partial charge in [0, 0.05) is 18.4 Å². The fourth-order valence-electron chi connectivity index (χ4n) is 4.07. The standard InChI is InChI=1S/C22H21F3N2O2S/c1-27(17-8-4-6-13-5-2-3-7-15(13)17)20(28)12-19-21(29)26-16-11-14(22(23,24)25)9-10-18(16)30-19/h2-3,5,7,9-11,17,19H,4,6,8,12H2,1H3,(H,26,29)/t17-,19-/m1/s1. The molecule has 158 valence electrons. The molecule has 2 aliphatic rings. The molecule has 0 bridgehead atoms. The first-order chi connectivity index (χ1) is 14.2. The van der Waals surface area contributed by atoms with Gasteiger partial charge in [-0.3, -0.25) is 9.59 Å². The van der Waals surface area contributed by atoms with E-state index in [9.17, 15) is 22.8 Å². The zero-order valence-electron chi connectivity index (χ0n) is 16.3. The lowest BCUT2D eigenvalue weighted by Gasteiger charge is -2.34. The number of alkyl halides is 3. The molecule has 8 heteroatoms. The van der Waals surface area contributed by atoms with Crippen LogP contribution in [0.15, 0.2) is 47.4 Å². The molecule has 0 saturated carbocycles. The molecule has 0 unspecified atom stereocenters. The monoisotopic (exact) mass is 434 g/mol. The van der Waals surface area contributed by atoms with Crippen molar-refractivity contribution in [2.24, 2.45) is 0 Å². The Kier molecular flexibility index (Phi) is 5.53. The number of amides is 2. The van der Waals surface area contributed by atoms with Crippen molar-refractivity contribution >= 4 is 29.3 Å². The molecular formula is C22H21F3N2O2S. The maximum atomic E-state index is 12.9. The Morgan fingerprint density at radius 3 is 2.77 bits per heavy atom. The summed E-state index contributed by atoms with van der Waals surface area (Å²) in [7, 11) is 1.75. The summed E-state index contributed by atoms with van der Waals surface area (Å²) in [5.74, 6) is -0.600. The summed E-state index contributed by atoms with van der Waals surface area (Å²) in [6, 6.07) is 11.3. The Bertz CT molecular complexity index is 993. The van der Waals surface area contributed by atoms with Crippen molar-refractivity contribution in [2.45, 2.75) is 48.0 Å². The number of carbonyl (C=O) groups excluding carboxylic acids is 2. The first-order valence-electron chi connectivity index (χ1n) is 9.76. The second-order valence-corrected chi connectivity index (χ2v) is 8.86. The van der Waals surface area contributed by atoms with Crippen molar-refractivity contribution in [3.05, 3.63) is 59.2 Å². The quantitative estimate of drug-likeness (QED) is 0.736. The number of benzene rings is 2. The van der Waals surface area contributed by atoms with Crippen LogP contribution in [0.25, 0.3) is 0 Å². The first kappa shape index (κ1) is 20.8. The molecule has 2 amide bonds. The molecule has 2 atom stereocenters. The van der Waals surface area contributed by atoms with Gasteiger partial charge in [-0.15, -0.1) is 11.8 Å². The summed E-state index contributed by atoms with van der Waals surface area (Å²) in [6.07, 6.45) is -1.63. The van der Waals surface area contributed by atoms with Gasteiger partial charge in [0.1, 0.15) is 0 Å². The van der Waals surface area contributed by atoms with Gasteiger partial charge in [0.2, 0.25) is 11.8 Å². The predicted molar refractivity (Wildman–Crippen MR) is 109 cm³/mol. The third kappa shape index (κ3) is 4.05. The average Bonchev–Trinajstić information content (AvgIpc) is 2.72. The highest BCUT2D eigenvalue weighted by molar-refractivity contribution is 8.01. The van der Waals surface area contributed by atoms with Crippen LogP contribution in [0.3, 0.4) is 0 Å². The second kappa shape index (κ2) is 7.98. The van der Waals surface area contributed by atoms with Crippen LogP contribution in [0, 0.1) is 0 Å². The molecule has 1 N–H and O–H groups in total. The number of anilines is 1. The van der Waals surface area contributed by atoms with E-state index in [0.717, 1.165) is 48.7 Å². The van der Waals surface area contributed by atoms with Gasteiger partial charge < -0.3 is 10.2 Å². The molecule has 0 saturated heterocycles. The van der Waals surface area contributed by atoms with Crippen LogP contribution in [0.2, 0.25) is 0 Å². The summed E-state index contributed by atoms with van der Waals surface area (Å²) in [4.78, 5) is 27.6. The molecule has 1 aliphatic carbocycles. The number of rotatable bonds is 3. The van der Waals surface area contributed by atoms with E-state index >= 15 is 0 Å². The van der Waals surface area contributed by atoms with E-state index < -0.39 is 22.9 Å². The number of fused-ring (bicyclic) bond motifs is 2. The number of carbonyl (C=O) groups is 2. The van der Waals surface area contributed by atoms with Crippen LogP contribution in [0.1, 0.15) is 42.0 Å². The number of hydrogen-bond donors (Lipinski definition) is 1. The molecule has 1 heterocycles. The Hall–Kier alpha value is -2.48. The van der Waals surface area contributed by atoms with Crippen LogP contribution in [0.4, 0.5) is 18.9 Å². The van der Waals surface area contributed by atoms with E-state index in [0.29, 0.717) is 4.90 Å². The highest BCUT2D eigenvalue weighted by atomic mass is 32.2. The molecule has 0 radical (unpaired) electrons. The third-order valence-electron chi connectivity index (χ3n) is 5.69. The minimum Gasteiger partial charge on any atom is -0.339 e. The number of nitrogens with zero attached hydrogens (tertiary/aromatic N) is 1. The van der Waals surface area contributed by atoms with Crippen LogP contribution in [-0.4, -0.2) is 29.0 Å². The lowest BCUT2D eigenvalue weighted by molar-refractivity contribution is -0.137. The predicted octanol–water partition coefficient (Wildman–Crippen LogP) is 5.04. The van der Waals surface area contributed by atoms with E-state index in [1.165, 1.54) is 11.6 Å². The highest BCUT2D eigenvalue weighted by Crippen LogP contribution is 2.41. The van der Waals surface area contributed by atoms with Crippen LogP contribution < -0.4 is 5.32 Å². The second-order valence-electron chi connectivity index (χ2n) is 7.62. The van der Waals surface area contributed by atoms with Crippen molar-refractivity contribution in [3.63, 3.8) is 0 Å². The summed E-state index contributed by atoms with van der Waals surface area (Å²) < 4.78 is 38.7. The largest absolute Gasteiger partial charge is 0.416 e. The number of aryl methyl sites for hydroxylation is 1. The van der Waals surface area contributed by atoms with Crippen molar-refractivity contribution in [2.75, 3.05) is 12.4 Å². The number of nitrogens with one attached hydrogen (secondary N) is 1. The van der Waals surface area contributed by atoms with Gasteiger partial charge in [-0.25, -0.2) is 0 Å². The molecule has 0 fully saturated rings. The Morgan fingerprint density at radius 1 is 1.23 bits per heavy atom. The molecule has 2 aromatic carbocycles. The summed E-state index contributed by atoms with van der Waals surface area (Å²) >= 11 is 1.14. The molecule has 0 spiro atoms. The number of thioether (sulfide) groups is 1. The Morgan fingerprint density at radius 2 is 2.00 bits per heavy atom. The van der Waals surface area contributed by atoms with Gasteiger partial charge in [-0.05, 0) is 48.6 Å². The van der Waals surface area contributed by atoms with Crippen molar-refractivity contribution in [3.8, 4) is 0 Å². The molecule has 2 aromatic rings. The maximum Gasteiger partial charge on any atom is 0.416 e. The van der Waals surface area contributed by atoms with Gasteiger partial charge in [-0.1, -0.05) is 24.3 Å². The van der Waals surface area contributed by atoms with Gasteiger partial charge in [0.25, 0.3) is 0 Å². The molecule has 4 nitrogen and oxygen atoms in total. The van der Waals surface area contributed by atoms with E-state index in [1.807, 2.05) is 18.2 Å². The highest BCUT2D eigenvalue weighted by Gasteiger charge is 2.35. The van der Waals surface area contributed by atoms with Gasteiger partial charge in [0.15, 0.2) is 0 Å². The minimum absolute atomic E-state index is 0.00781. The van der Waals surface area contributed by atoms with E-state index in [2.05, 4.69) is 11.4 Å². The maximum absolute atomic E-state index is 12.9. The average molecular weight is 434 g/mol. The van der Waals surface area contributed by atoms with Gasteiger partial charge >= 0.3 is 6.18 Å². The number of hydrogen-bond acceptors (Lipinski definition) is 3. The fraction of sp³-hybridized carbons (Fsp3) is 0.364. The fourth-order valence-corrected chi connectivity index (χ4v) is 5.15. The zero-order chi connectivity index (χ0) is 21.5. The minimum atomic E-state index is -4.48. The van der Waals surface area contributed by atoms with E-state index in [4.69, 9.17) is 0 Å². The molecule has 30 heavy (non-hydrogen) atoms. The van der Waals surface area contributed by atoms with Gasteiger partial charge in [0.05, 0.1) is 22.5 Å². The summed E-state index contributed by atoms with van der Waals surface area (Å²) in [5.41, 5.74) is 1.71. The van der Waals surface area contributed by atoms with Crippen molar-refractivity contribution in [1.82, 2.24) is 4.90 Å². The molecule has 4 rings (SSSR count). The summed E-state index contributed by atoms with van der Waals surface area (Å²) in [6.45, 7) is 0. The third-order valence-corrected chi connectivity index (χ3v) is 6.96. The first-order valence-corrected chi connectivity index (χ1v) is 10.6. The Balaban J connectivity index is 1.47. The normalized spacial score (nSPS) is 20.7. The topological polar surface area (TPSA) is 49.4 Å². The Labute approximate surface area is 176 Å². The van der Waals surface area contributed by atoms with Crippen LogP contribution >= 0.6 is 11.8 Å². The molecule has 1 aliphatic heterocycles. The van der Waals surface area contributed by atoms with Crippen LogP contribution in [0.5, 0.6) is 0 Å². The van der Waals surface area contributed by atoms with Crippen molar-refractivity contribution in [1.29, 1.82) is 0 Å². The SMILES string of the molecule is CN(C(=O)C[C@H]1Sc2ccc(C(F)(F)F)cc2NC1=O)[C@@H]1CCCc2ccccc21. The zero-order valence-corrected chi connectivity index (χ0v) is 17.1. The summed E-state index contributed by atoms with van der Waals surface area (Å²) in [5, 5.41) is 1.85. The van der Waals surface area contributed by atoms with Crippen molar-refractivity contribution < 1.29 is 22.8 Å². The van der Waals surface area contributed by atoms with E-state index in [-0.39, 0.29) is 24.1 Å². The molecular weight excluding hydrogens is 413 g/mol.